The van der Waals surface area contributed by atoms with E-state index in [-0.39, 0.29) is 6.26 Å². The molecule has 1 rings (SSSR count). The molecule has 0 radical (unpaired) electrons. The fourth-order valence-corrected chi connectivity index (χ4v) is 1.64. The van der Waals surface area contributed by atoms with Gasteiger partial charge < -0.3 is 4.74 Å². The molecular weight excluding hydrogens is 333 g/mol. The molecule has 0 heterocycles. The highest BCUT2D eigenvalue weighted by molar-refractivity contribution is 5.26. The van der Waals surface area contributed by atoms with Gasteiger partial charge in [0.25, 0.3) is 5.67 Å². The van der Waals surface area contributed by atoms with E-state index >= 15 is 0 Å². The smallest absolute Gasteiger partial charge is 0.384 e. The molecule has 0 saturated heterocycles. The SMILES string of the molecule is C=COCC1(F)C(F)(F)C(F)(F)C(F)(F)C(F)(F)C1(F)F. The van der Waals surface area contributed by atoms with E-state index in [0.717, 1.165) is 0 Å². The Balaban J connectivity index is 3.69. The predicted molar refractivity (Wildman–Crippen MR) is 44.7 cm³/mol. The van der Waals surface area contributed by atoms with Crippen molar-refractivity contribution in [3.63, 3.8) is 0 Å². The van der Waals surface area contributed by atoms with E-state index in [0.29, 0.717) is 0 Å². The number of hydrogen-bond donors (Lipinski definition) is 0. The summed E-state index contributed by atoms with van der Waals surface area (Å²) in [7, 11) is 0. The van der Waals surface area contributed by atoms with Gasteiger partial charge in [0, 0.05) is 0 Å². The van der Waals surface area contributed by atoms with E-state index in [4.69, 9.17) is 0 Å². The van der Waals surface area contributed by atoms with Gasteiger partial charge in [-0.2, -0.15) is 43.9 Å². The van der Waals surface area contributed by atoms with Crippen LogP contribution in [0.4, 0.5) is 48.3 Å². The van der Waals surface area contributed by atoms with Crippen molar-refractivity contribution < 1.29 is 53.0 Å². The van der Waals surface area contributed by atoms with Gasteiger partial charge in [0.2, 0.25) is 0 Å². The van der Waals surface area contributed by atoms with Crippen LogP contribution in [-0.2, 0) is 4.74 Å². The molecule has 12 heteroatoms. The fourth-order valence-electron chi connectivity index (χ4n) is 1.64. The van der Waals surface area contributed by atoms with Crippen LogP contribution < -0.4 is 0 Å². The first-order valence-corrected chi connectivity index (χ1v) is 4.86. The van der Waals surface area contributed by atoms with E-state index < -0.39 is 41.9 Å². The van der Waals surface area contributed by atoms with Crippen LogP contribution in [0.2, 0.25) is 0 Å². The molecule has 1 nitrogen and oxygen atoms in total. The van der Waals surface area contributed by atoms with Gasteiger partial charge in [-0.15, -0.1) is 0 Å². The summed E-state index contributed by atoms with van der Waals surface area (Å²) >= 11 is 0. The van der Waals surface area contributed by atoms with Crippen molar-refractivity contribution in [3.8, 4) is 0 Å². The molecule has 0 N–H and O–H groups in total. The van der Waals surface area contributed by atoms with Gasteiger partial charge in [0.15, 0.2) is 0 Å². The van der Waals surface area contributed by atoms with Gasteiger partial charge in [-0.1, -0.05) is 6.58 Å². The lowest BCUT2D eigenvalue weighted by Crippen LogP contribution is -2.84. The largest absolute Gasteiger partial charge is 0.498 e. The maximum Gasteiger partial charge on any atom is 0.384 e. The zero-order valence-corrected chi connectivity index (χ0v) is 9.56. The predicted octanol–water partition coefficient (Wildman–Crippen LogP) is 4.04. The van der Waals surface area contributed by atoms with Crippen molar-refractivity contribution in [2.45, 2.75) is 35.3 Å². The lowest BCUT2D eigenvalue weighted by Gasteiger charge is -2.52. The molecule has 0 bridgehead atoms. The maximum atomic E-state index is 13.7. The molecule has 0 aliphatic heterocycles. The monoisotopic (exact) mass is 338 g/mol. The van der Waals surface area contributed by atoms with Gasteiger partial charge in [0.05, 0.1) is 6.26 Å². The molecule has 0 aromatic heterocycles. The summed E-state index contributed by atoms with van der Waals surface area (Å²) in [5.74, 6) is -35.1. The van der Waals surface area contributed by atoms with E-state index in [1.54, 1.807) is 0 Å². The number of hydrogen-bond acceptors (Lipinski definition) is 1. The van der Waals surface area contributed by atoms with Gasteiger partial charge >= 0.3 is 29.6 Å². The third-order valence-corrected chi connectivity index (χ3v) is 2.97. The minimum absolute atomic E-state index is 0.0104. The topological polar surface area (TPSA) is 9.23 Å². The number of alkyl halides is 11. The summed E-state index contributed by atoms with van der Waals surface area (Å²) in [6.45, 7) is -0.167. The molecule has 21 heavy (non-hydrogen) atoms. The lowest BCUT2D eigenvalue weighted by molar-refractivity contribution is -0.487. The number of ether oxygens (including phenoxy) is 1. The highest BCUT2D eigenvalue weighted by Crippen LogP contribution is 2.69. The molecule has 1 saturated carbocycles. The quantitative estimate of drug-likeness (QED) is 0.557. The maximum absolute atomic E-state index is 13.7. The average Bonchev–Trinajstić information content (AvgIpc) is 2.33. The van der Waals surface area contributed by atoms with Crippen LogP contribution in [0.15, 0.2) is 12.8 Å². The van der Waals surface area contributed by atoms with E-state index in [2.05, 4.69) is 11.3 Å². The first-order chi connectivity index (χ1) is 9.06. The third-order valence-electron chi connectivity index (χ3n) is 2.97. The Hall–Kier alpha value is -1.23. The first-order valence-electron chi connectivity index (χ1n) is 4.86. The summed E-state index contributed by atoms with van der Waals surface area (Å²) in [6, 6.07) is 0. The van der Waals surface area contributed by atoms with Crippen LogP contribution in [0.25, 0.3) is 0 Å². The van der Waals surface area contributed by atoms with Crippen molar-refractivity contribution in [1.29, 1.82) is 0 Å². The summed E-state index contributed by atoms with van der Waals surface area (Å²) < 4.78 is 147. The molecule has 1 fully saturated rings. The molecule has 0 unspecified atom stereocenters. The number of halogens is 11. The van der Waals surface area contributed by atoms with E-state index in [9.17, 15) is 48.3 Å². The Morgan fingerprint density at radius 2 is 0.905 bits per heavy atom. The molecule has 1 aliphatic carbocycles. The molecule has 1 aliphatic rings. The summed E-state index contributed by atoms with van der Waals surface area (Å²) in [4.78, 5) is 0. The Morgan fingerprint density at radius 1 is 0.619 bits per heavy atom. The van der Waals surface area contributed by atoms with Crippen molar-refractivity contribution in [2.24, 2.45) is 0 Å². The minimum atomic E-state index is -7.20. The second-order valence-electron chi connectivity index (χ2n) is 4.15. The van der Waals surface area contributed by atoms with Crippen molar-refractivity contribution in [3.05, 3.63) is 12.8 Å². The molecule has 0 atom stereocenters. The van der Waals surface area contributed by atoms with Crippen LogP contribution in [0, 0.1) is 0 Å². The normalized spacial score (nSPS) is 30.4. The Labute approximate surface area is 109 Å². The van der Waals surface area contributed by atoms with Gasteiger partial charge in [-0.05, 0) is 0 Å². The Kier molecular flexibility index (Phi) is 3.53. The highest BCUT2D eigenvalue weighted by Gasteiger charge is 3.01. The lowest BCUT2D eigenvalue weighted by atomic mass is 9.72. The van der Waals surface area contributed by atoms with Crippen LogP contribution in [0.3, 0.4) is 0 Å². The molecule has 0 spiro atoms. The summed E-state index contributed by atoms with van der Waals surface area (Å²) in [5, 5.41) is 0. The van der Waals surface area contributed by atoms with Crippen LogP contribution in [0.1, 0.15) is 0 Å². The van der Waals surface area contributed by atoms with Crippen LogP contribution >= 0.6 is 0 Å². The molecule has 0 aromatic carbocycles. The minimum Gasteiger partial charge on any atom is -0.498 e. The van der Waals surface area contributed by atoms with Crippen LogP contribution in [0.5, 0.6) is 0 Å². The van der Waals surface area contributed by atoms with E-state index in [1.165, 1.54) is 0 Å². The third kappa shape index (κ3) is 1.58. The van der Waals surface area contributed by atoms with Crippen molar-refractivity contribution >= 4 is 0 Å². The molecule has 0 aromatic rings. The molecular formula is C9H5F11O. The fraction of sp³-hybridized carbons (Fsp3) is 0.778. The van der Waals surface area contributed by atoms with Crippen LogP contribution in [-0.4, -0.2) is 41.9 Å². The highest BCUT2D eigenvalue weighted by atomic mass is 19.4. The second kappa shape index (κ2) is 4.15. The Bertz CT molecular complexity index is 411. The second-order valence-corrected chi connectivity index (χ2v) is 4.15. The molecule has 124 valence electrons. The van der Waals surface area contributed by atoms with Gasteiger partial charge in [-0.25, -0.2) is 4.39 Å². The average molecular weight is 338 g/mol. The summed E-state index contributed by atoms with van der Waals surface area (Å²) in [5.41, 5.74) is -6.09. The van der Waals surface area contributed by atoms with Crippen molar-refractivity contribution in [1.82, 2.24) is 0 Å². The zero-order valence-electron chi connectivity index (χ0n) is 9.56. The van der Waals surface area contributed by atoms with E-state index in [1.807, 2.05) is 0 Å². The first kappa shape index (κ1) is 17.8. The summed E-state index contributed by atoms with van der Waals surface area (Å²) in [6.07, 6.45) is 0.0104. The molecule has 0 amide bonds. The standard InChI is InChI=1S/C9H5F11O/c1-2-21-3-4(10)5(11,12)7(15,16)9(19,20)8(17,18)6(4,13)14/h2H,1,3H2. The van der Waals surface area contributed by atoms with Crippen molar-refractivity contribution in [2.75, 3.05) is 6.61 Å². The Morgan fingerprint density at radius 3 is 1.19 bits per heavy atom. The van der Waals surface area contributed by atoms with Gasteiger partial charge in [0.1, 0.15) is 6.61 Å². The number of rotatable bonds is 3. The zero-order chi connectivity index (χ0) is 17.1. The van der Waals surface area contributed by atoms with Gasteiger partial charge in [-0.3, -0.25) is 0 Å².